The number of aromatic nitrogens is 2. The number of amides is 2. The van der Waals surface area contributed by atoms with Gasteiger partial charge in [0.2, 0.25) is 5.91 Å². The van der Waals surface area contributed by atoms with Gasteiger partial charge in [-0.1, -0.05) is 0 Å². The number of likely N-dealkylation sites (tertiary alicyclic amines) is 1. The number of carbonyl (C=O) groups is 2. The van der Waals surface area contributed by atoms with Crippen molar-refractivity contribution in [2.75, 3.05) is 19.6 Å². The predicted octanol–water partition coefficient (Wildman–Crippen LogP) is 1.96. The Hall–Kier alpha value is -2.70. The van der Waals surface area contributed by atoms with Crippen molar-refractivity contribution < 1.29 is 14.0 Å². The normalized spacial score (nSPS) is 14.2. The first-order valence-electron chi connectivity index (χ1n) is 8.01. The van der Waals surface area contributed by atoms with Crippen molar-refractivity contribution >= 4 is 11.8 Å². The van der Waals surface area contributed by atoms with E-state index in [0.717, 1.165) is 24.9 Å². The van der Waals surface area contributed by atoms with Crippen LogP contribution in [0.15, 0.2) is 30.3 Å². The Balaban J connectivity index is 1.48. The van der Waals surface area contributed by atoms with Crippen LogP contribution in [0.3, 0.4) is 0 Å². The van der Waals surface area contributed by atoms with Gasteiger partial charge >= 0.3 is 0 Å². The van der Waals surface area contributed by atoms with Gasteiger partial charge in [-0.05, 0) is 43.2 Å². The topological polar surface area (TPSA) is 78.1 Å². The van der Waals surface area contributed by atoms with Gasteiger partial charge in [-0.3, -0.25) is 14.7 Å². The third-order valence-corrected chi connectivity index (χ3v) is 4.02. The number of carbonyl (C=O) groups excluding carboxylic acids is 2. The number of rotatable bonds is 6. The third kappa shape index (κ3) is 3.79. The molecule has 2 heterocycles. The van der Waals surface area contributed by atoms with Crippen LogP contribution < -0.4 is 5.32 Å². The van der Waals surface area contributed by atoms with Crippen LogP contribution in [0.1, 0.15) is 29.8 Å². The molecule has 1 saturated heterocycles. The molecule has 0 aliphatic carbocycles. The lowest BCUT2D eigenvalue weighted by molar-refractivity contribution is -0.127. The summed E-state index contributed by atoms with van der Waals surface area (Å²) in [5.74, 6) is -0.369. The van der Waals surface area contributed by atoms with E-state index in [0.29, 0.717) is 30.9 Å². The van der Waals surface area contributed by atoms with E-state index in [1.54, 1.807) is 18.2 Å². The van der Waals surface area contributed by atoms with Gasteiger partial charge in [0.25, 0.3) is 5.91 Å². The first-order valence-corrected chi connectivity index (χ1v) is 8.01. The van der Waals surface area contributed by atoms with E-state index < -0.39 is 0 Å². The number of nitrogens with zero attached hydrogens (tertiary/aromatic N) is 2. The second kappa shape index (κ2) is 7.25. The quantitative estimate of drug-likeness (QED) is 0.795. The highest BCUT2D eigenvalue weighted by Crippen LogP contribution is 2.18. The van der Waals surface area contributed by atoms with Crippen LogP contribution in [0.25, 0.3) is 11.3 Å². The summed E-state index contributed by atoms with van der Waals surface area (Å²) in [5.41, 5.74) is 1.67. The lowest BCUT2D eigenvalue weighted by Crippen LogP contribution is -2.30. The largest absolute Gasteiger partial charge is 0.351 e. The first kappa shape index (κ1) is 16.2. The van der Waals surface area contributed by atoms with Crippen molar-refractivity contribution in [1.29, 1.82) is 0 Å². The number of hydrogen-bond donors (Lipinski definition) is 2. The van der Waals surface area contributed by atoms with E-state index >= 15 is 0 Å². The van der Waals surface area contributed by atoms with Gasteiger partial charge < -0.3 is 10.2 Å². The lowest BCUT2D eigenvalue weighted by atomic mass is 10.1. The average molecular weight is 330 g/mol. The number of nitrogens with one attached hydrogen (secondary N) is 2. The highest BCUT2D eigenvalue weighted by atomic mass is 19.1. The van der Waals surface area contributed by atoms with Crippen molar-refractivity contribution in [3.63, 3.8) is 0 Å². The maximum atomic E-state index is 12.9. The molecule has 1 aliphatic heterocycles. The molecule has 2 aromatic rings. The molecule has 0 saturated carbocycles. The fourth-order valence-electron chi connectivity index (χ4n) is 2.71. The molecule has 126 valence electrons. The van der Waals surface area contributed by atoms with Gasteiger partial charge in [0, 0.05) is 31.6 Å². The molecule has 0 spiro atoms. The van der Waals surface area contributed by atoms with Crippen molar-refractivity contribution in [2.24, 2.45) is 0 Å². The molecule has 3 rings (SSSR count). The van der Waals surface area contributed by atoms with Gasteiger partial charge in [-0.2, -0.15) is 5.10 Å². The molecule has 6 nitrogen and oxygen atoms in total. The molecule has 2 amide bonds. The Morgan fingerprint density at radius 2 is 2.12 bits per heavy atom. The Kier molecular flexibility index (Phi) is 4.88. The zero-order valence-corrected chi connectivity index (χ0v) is 13.2. The Bertz CT molecular complexity index is 726. The van der Waals surface area contributed by atoms with Crippen LogP contribution in [0, 0.1) is 5.82 Å². The molecular weight excluding hydrogens is 311 g/mol. The summed E-state index contributed by atoms with van der Waals surface area (Å²) >= 11 is 0. The fraction of sp³-hybridized carbons (Fsp3) is 0.353. The predicted molar refractivity (Wildman–Crippen MR) is 86.7 cm³/mol. The van der Waals surface area contributed by atoms with Crippen molar-refractivity contribution in [2.45, 2.75) is 19.3 Å². The van der Waals surface area contributed by atoms with E-state index in [1.807, 2.05) is 4.90 Å². The Labute approximate surface area is 139 Å². The van der Waals surface area contributed by atoms with E-state index in [9.17, 15) is 14.0 Å². The number of hydrogen-bond acceptors (Lipinski definition) is 3. The zero-order chi connectivity index (χ0) is 16.9. The smallest absolute Gasteiger partial charge is 0.269 e. The SMILES string of the molecule is O=C(NCCCN1CCCC1=O)c1cc(-c2ccc(F)cc2)n[nH]1. The second-order valence-corrected chi connectivity index (χ2v) is 5.77. The van der Waals surface area contributed by atoms with Crippen molar-refractivity contribution in [3.8, 4) is 11.3 Å². The standard InChI is InChI=1S/C17H19FN4O2/c18-13-6-4-12(5-7-13)14-11-15(21-20-14)17(24)19-8-2-10-22-9-1-3-16(22)23/h4-7,11H,1-3,8-10H2,(H,19,24)(H,20,21). The second-order valence-electron chi connectivity index (χ2n) is 5.77. The maximum Gasteiger partial charge on any atom is 0.269 e. The zero-order valence-electron chi connectivity index (χ0n) is 13.2. The molecule has 0 atom stereocenters. The van der Waals surface area contributed by atoms with Crippen molar-refractivity contribution in [1.82, 2.24) is 20.4 Å². The summed E-state index contributed by atoms with van der Waals surface area (Å²) in [6, 6.07) is 7.56. The Morgan fingerprint density at radius 3 is 2.83 bits per heavy atom. The van der Waals surface area contributed by atoms with E-state index in [2.05, 4.69) is 15.5 Å². The molecule has 1 aliphatic rings. The third-order valence-electron chi connectivity index (χ3n) is 4.02. The lowest BCUT2D eigenvalue weighted by Gasteiger charge is -2.15. The number of H-pyrrole nitrogens is 1. The minimum absolute atomic E-state index is 0.193. The summed E-state index contributed by atoms with van der Waals surface area (Å²) < 4.78 is 12.9. The number of aromatic amines is 1. The van der Waals surface area contributed by atoms with E-state index in [1.165, 1.54) is 12.1 Å². The summed E-state index contributed by atoms with van der Waals surface area (Å²) in [6.07, 6.45) is 2.27. The molecule has 1 aromatic heterocycles. The van der Waals surface area contributed by atoms with Crippen LogP contribution in [0.2, 0.25) is 0 Å². The van der Waals surface area contributed by atoms with Gasteiger partial charge in [0.1, 0.15) is 11.5 Å². The van der Waals surface area contributed by atoms with Gasteiger partial charge in [0.05, 0.1) is 5.69 Å². The molecular formula is C17H19FN4O2. The molecule has 2 N–H and O–H groups in total. The first-order chi connectivity index (χ1) is 11.6. The van der Waals surface area contributed by atoms with Crippen LogP contribution in [0.4, 0.5) is 4.39 Å². The maximum absolute atomic E-state index is 12.9. The summed E-state index contributed by atoms with van der Waals surface area (Å²) in [6.45, 7) is 1.98. The summed E-state index contributed by atoms with van der Waals surface area (Å²) in [5, 5.41) is 9.57. The molecule has 0 unspecified atom stereocenters. The summed E-state index contributed by atoms with van der Waals surface area (Å²) in [4.78, 5) is 25.4. The van der Waals surface area contributed by atoms with Gasteiger partial charge in [-0.15, -0.1) is 0 Å². The molecule has 24 heavy (non-hydrogen) atoms. The molecule has 1 fully saturated rings. The monoisotopic (exact) mass is 330 g/mol. The highest BCUT2D eigenvalue weighted by molar-refractivity contribution is 5.93. The number of halogens is 1. The fourth-order valence-corrected chi connectivity index (χ4v) is 2.71. The van der Waals surface area contributed by atoms with Crippen LogP contribution in [0.5, 0.6) is 0 Å². The minimum Gasteiger partial charge on any atom is -0.351 e. The summed E-state index contributed by atoms with van der Waals surface area (Å²) in [7, 11) is 0. The van der Waals surface area contributed by atoms with Gasteiger partial charge in [-0.25, -0.2) is 4.39 Å². The van der Waals surface area contributed by atoms with E-state index in [-0.39, 0.29) is 17.6 Å². The van der Waals surface area contributed by atoms with E-state index in [4.69, 9.17) is 0 Å². The van der Waals surface area contributed by atoms with Gasteiger partial charge in [0.15, 0.2) is 0 Å². The Morgan fingerprint density at radius 1 is 1.33 bits per heavy atom. The molecule has 7 heteroatoms. The highest BCUT2D eigenvalue weighted by Gasteiger charge is 2.19. The van der Waals surface area contributed by atoms with Crippen LogP contribution in [-0.4, -0.2) is 46.5 Å². The van der Waals surface area contributed by atoms with Crippen LogP contribution >= 0.6 is 0 Å². The van der Waals surface area contributed by atoms with Crippen LogP contribution in [-0.2, 0) is 4.79 Å². The number of benzene rings is 1. The molecule has 1 aromatic carbocycles. The minimum atomic E-state index is -0.316. The van der Waals surface area contributed by atoms with Crippen molar-refractivity contribution in [3.05, 3.63) is 41.8 Å². The molecule has 0 radical (unpaired) electrons. The average Bonchev–Trinajstić information content (AvgIpc) is 3.22. The molecule has 0 bridgehead atoms.